The summed E-state index contributed by atoms with van der Waals surface area (Å²) in [5.41, 5.74) is 6.53. The molecule has 1 saturated heterocycles. The minimum atomic E-state index is -0.148. The third-order valence-corrected chi connectivity index (χ3v) is 3.73. The number of ether oxygens (including phenoxy) is 1. The summed E-state index contributed by atoms with van der Waals surface area (Å²) in [6.45, 7) is 3.56. The first-order chi connectivity index (χ1) is 9.13. The maximum Gasteiger partial charge on any atom is 0.218 e. The Balaban J connectivity index is 2.35. The Labute approximate surface area is 113 Å². The zero-order valence-electron chi connectivity index (χ0n) is 11.5. The maximum absolute atomic E-state index is 12.1. The number of rotatable bonds is 4. The van der Waals surface area contributed by atoms with Gasteiger partial charge in [0.2, 0.25) is 5.88 Å². The second-order valence-corrected chi connectivity index (χ2v) is 5.01. The van der Waals surface area contributed by atoms with Gasteiger partial charge in [-0.1, -0.05) is 0 Å². The molecule has 0 saturated carbocycles. The molecule has 1 aromatic rings. The molecule has 104 valence electrons. The van der Waals surface area contributed by atoms with E-state index in [0.717, 1.165) is 31.5 Å². The molecule has 0 bridgehead atoms. The molecule has 0 radical (unpaired) electrons. The van der Waals surface area contributed by atoms with Crippen molar-refractivity contribution in [3.8, 4) is 5.88 Å². The van der Waals surface area contributed by atoms with Gasteiger partial charge in [-0.25, -0.2) is 0 Å². The van der Waals surface area contributed by atoms with Gasteiger partial charge < -0.3 is 15.8 Å². The fraction of sp³-hybridized carbons (Fsp3) is 0.571. The maximum atomic E-state index is 12.1. The zero-order valence-corrected chi connectivity index (χ0v) is 11.5. The van der Waals surface area contributed by atoms with Crippen LogP contribution in [0.3, 0.4) is 0 Å². The van der Waals surface area contributed by atoms with Crippen molar-refractivity contribution in [2.75, 3.05) is 25.9 Å². The van der Waals surface area contributed by atoms with Crippen LogP contribution in [-0.4, -0.2) is 31.0 Å². The van der Waals surface area contributed by atoms with Gasteiger partial charge in [0.15, 0.2) is 0 Å². The molecular formula is C14H21N3O2. The summed E-state index contributed by atoms with van der Waals surface area (Å²) < 4.78 is 5.29. The first kappa shape index (κ1) is 13.8. The van der Waals surface area contributed by atoms with Crippen molar-refractivity contribution in [2.45, 2.75) is 25.7 Å². The average Bonchev–Trinajstić information content (AvgIpc) is 2.41. The van der Waals surface area contributed by atoms with Crippen molar-refractivity contribution in [1.29, 1.82) is 0 Å². The van der Waals surface area contributed by atoms with Crippen molar-refractivity contribution in [2.24, 2.45) is 5.92 Å². The van der Waals surface area contributed by atoms with E-state index in [1.165, 1.54) is 0 Å². The summed E-state index contributed by atoms with van der Waals surface area (Å²) in [6, 6.07) is 3.60. The normalized spacial score (nSPS) is 18.0. The molecule has 3 N–H and O–H groups in total. The van der Waals surface area contributed by atoms with Crippen LogP contribution in [0, 0.1) is 5.92 Å². The number of ketones is 1. The van der Waals surface area contributed by atoms with E-state index in [1.807, 2.05) is 6.07 Å². The number of aromatic nitrogens is 1. The molecule has 2 rings (SSSR count). The number of carbonyl (C=O) groups is 1. The quantitative estimate of drug-likeness (QED) is 0.857. The van der Waals surface area contributed by atoms with Crippen LogP contribution in [0.25, 0.3) is 0 Å². The molecule has 19 heavy (non-hydrogen) atoms. The molecule has 1 aliphatic heterocycles. The van der Waals surface area contributed by atoms with E-state index in [1.54, 1.807) is 20.1 Å². The Hall–Kier alpha value is -1.62. The summed E-state index contributed by atoms with van der Waals surface area (Å²) in [7, 11) is 1.56. The third-order valence-electron chi connectivity index (χ3n) is 3.73. The number of hydrogen-bond acceptors (Lipinski definition) is 5. The minimum Gasteiger partial charge on any atom is -0.481 e. The van der Waals surface area contributed by atoms with Crippen LogP contribution in [0.5, 0.6) is 5.88 Å². The SMILES string of the molecule is COc1nc(N)ccc1C(C(C)=O)C1CCNCC1. The molecule has 1 aliphatic rings. The number of nitrogens with one attached hydrogen (secondary N) is 1. The summed E-state index contributed by atoms with van der Waals surface area (Å²) in [6.07, 6.45) is 2.00. The van der Waals surface area contributed by atoms with Gasteiger partial charge in [-0.05, 0) is 50.9 Å². The van der Waals surface area contributed by atoms with Crippen LogP contribution in [0.4, 0.5) is 5.82 Å². The van der Waals surface area contributed by atoms with E-state index < -0.39 is 0 Å². The molecule has 0 amide bonds. The Morgan fingerprint density at radius 3 is 2.74 bits per heavy atom. The average molecular weight is 263 g/mol. The molecule has 0 aliphatic carbocycles. The number of nitrogens with zero attached hydrogens (tertiary/aromatic N) is 1. The molecule has 1 atom stereocenters. The van der Waals surface area contributed by atoms with Crippen molar-refractivity contribution < 1.29 is 9.53 Å². The number of anilines is 1. The lowest BCUT2D eigenvalue weighted by atomic mass is 9.78. The fourth-order valence-corrected chi connectivity index (χ4v) is 2.85. The molecule has 0 aromatic carbocycles. The predicted octanol–water partition coefficient (Wildman–Crippen LogP) is 1.34. The van der Waals surface area contributed by atoms with Gasteiger partial charge in [-0.15, -0.1) is 0 Å². The molecule has 1 aromatic heterocycles. The Morgan fingerprint density at radius 2 is 2.16 bits per heavy atom. The third kappa shape index (κ3) is 3.04. The van der Waals surface area contributed by atoms with Gasteiger partial charge in [0.05, 0.1) is 13.0 Å². The first-order valence-corrected chi connectivity index (χ1v) is 6.65. The van der Waals surface area contributed by atoms with Crippen molar-refractivity contribution in [3.63, 3.8) is 0 Å². The highest BCUT2D eigenvalue weighted by Gasteiger charge is 2.31. The highest BCUT2D eigenvalue weighted by atomic mass is 16.5. The van der Waals surface area contributed by atoms with Crippen molar-refractivity contribution in [1.82, 2.24) is 10.3 Å². The van der Waals surface area contributed by atoms with Crippen LogP contribution in [0.15, 0.2) is 12.1 Å². The van der Waals surface area contributed by atoms with Gasteiger partial charge in [0.1, 0.15) is 11.6 Å². The molecule has 1 fully saturated rings. The molecule has 5 heteroatoms. The van der Waals surface area contributed by atoms with E-state index in [9.17, 15) is 4.79 Å². The van der Waals surface area contributed by atoms with Gasteiger partial charge >= 0.3 is 0 Å². The lowest BCUT2D eigenvalue weighted by Crippen LogP contribution is -2.33. The monoisotopic (exact) mass is 263 g/mol. The number of nitrogen functional groups attached to an aromatic ring is 1. The Bertz CT molecular complexity index is 456. The van der Waals surface area contributed by atoms with Crippen molar-refractivity contribution >= 4 is 11.6 Å². The molecular weight excluding hydrogens is 242 g/mol. The van der Waals surface area contributed by atoms with Gasteiger partial charge in [-0.3, -0.25) is 4.79 Å². The largest absolute Gasteiger partial charge is 0.481 e. The molecule has 2 heterocycles. The smallest absolute Gasteiger partial charge is 0.218 e. The summed E-state index contributed by atoms with van der Waals surface area (Å²) in [5, 5.41) is 3.32. The Morgan fingerprint density at radius 1 is 1.47 bits per heavy atom. The highest BCUT2D eigenvalue weighted by molar-refractivity contribution is 5.84. The number of pyridine rings is 1. The lowest BCUT2D eigenvalue weighted by molar-refractivity contribution is -0.119. The van der Waals surface area contributed by atoms with E-state index in [-0.39, 0.29) is 11.7 Å². The number of piperidine rings is 1. The van der Waals surface area contributed by atoms with Crippen LogP contribution in [-0.2, 0) is 4.79 Å². The van der Waals surface area contributed by atoms with E-state index in [0.29, 0.717) is 17.6 Å². The van der Waals surface area contributed by atoms with Crippen LogP contribution >= 0.6 is 0 Å². The molecule has 1 unspecified atom stereocenters. The number of methoxy groups -OCH3 is 1. The van der Waals surface area contributed by atoms with Gasteiger partial charge in [0, 0.05) is 5.56 Å². The number of Topliss-reactive ketones (excluding diaryl/α,β-unsaturated/α-hetero) is 1. The topological polar surface area (TPSA) is 77.2 Å². The summed E-state index contributed by atoms with van der Waals surface area (Å²) in [5.74, 6) is 1.24. The van der Waals surface area contributed by atoms with E-state index in [2.05, 4.69) is 10.3 Å². The number of carbonyl (C=O) groups excluding carboxylic acids is 1. The van der Waals surface area contributed by atoms with Crippen LogP contribution in [0.1, 0.15) is 31.2 Å². The van der Waals surface area contributed by atoms with E-state index >= 15 is 0 Å². The molecule has 5 nitrogen and oxygen atoms in total. The Kier molecular flexibility index (Phi) is 4.37. The highest BCUT2D eigenvalue weighted by Crippen LogP contribution is 2.36. The van der Waals surface area contributed by atoms with Gasteiger partial charge in [0.25, 0.3) is 0 Å². The fourth-order valence-electron chi connectivity index (χ4n) is 2.85. The zero-order chi connectivity index (χ0) is 13.8. The minimum absolute atomic E-state index is 0.148. The predicted molar refractivity (Wildman–Crippen MR) is 74.2 cm³/mol. The standard InChI is InChI=1S/C14H21N3O2/c1-9(18)13(10-5-7-16-8-6-10)11-3-4-12(15)17-14(11)19-2/h3-4,10,13,16H,5-8H2,1-2H3,(H2,15,17). The lowest BCUT2D eigenvalue weighted by Gasteiger charge is -2.30. The first-order valence-electron chi connectivity index (χ1n) is 6.65. The van der Waals surface area contributed by atoms with Crippen molar-refractivity contribution in [3.05, 3.63) is 17.7 Å². The number of hydrogen-bond donors (Lipinski definition) is 2. The summed E-state index contributed by atoms with van der Waals surface area (Å²) >= 11 is 0. The van der Waals surface area contributed by atoms with Crippen LogP contribution in [0.2, 0.25) is 0 Å². The van der Waals surface area contributed by atoms with Crippen LogP contribution < -0.4 is 15.8 Å². The second kappa shape index (κ2) is 6.02. The van der Waals surface area contributed by atoms with Gasteiger partial charge in [-0.2, -0.15) is 4.98 Å². The van der Waals surface area contributed by atoms with E-state index in [4.69, 9.17) is 10.5 Å². The number of nitrogens with two attached hydrogens (primary N) is 1. The molecule has 0 spiro atoms. The summed E-state index contributed by atoms with van der Waals surface area (Å²) in [4.78, 5) is 16.2. The second-order valence-electron chi connectivity index (χ2n) is 5.01.